The van der Waals surface area contributed by atoms with Gasteiger partial charge in [-0.2, -0.15) is 0 Å². The molecule has 3 rings (SSSR count). The van der Waals surface area contributed by atoms with Crippen LogP contribution in [0.3, 0.4) is 0 Å². The predicted octanol–water partition coefficient (Wildman–Crippen LogP) is 4.66. The fourth-order valence-corrected chi connectivity index (χ4v) is 2.41. The molecule has 0 saturated heterocycles. The summed E-state index contributed by atoms with van der Waals surface area (Å²) in [5.41, 5.74) is 1.16. The molecule has 7 nitrogen and oxygen atoms in total. The number of non-ortho nitro benzene ring substituents is 1. The summed E-state index contributed by atoms with van der Waals surface area (Å²) in [4.78, 5) is 22.2. The zero-order chi connectivity index (χ0) is 19.8. The topological polar surface area (TPSA) is 90.7 Å². The van der Waals surface area contributed by atoms with Gasteiger partial charge in [-0.3, -0.25) is 10.1 Å². The molecule has 1 N–H and O–H groups in total. The second-order valence-electron chi connectivity index (χ2n) is 5.81. The van der Waals surface area contributed by atoms with Gasteiger partial charge in [0, 0.05) is 24.4 Å². The van der Waals surface area contributed by atoms with Crippen molar-refractivity contribution in [2.75, 3.05) is 18.5 Å². The highest BCUT2D eigenvalue weighted by Gasteiger charge is 2.08. The number of hydrogen-bond donors (Lipinski definition) is 1. The maximum atomic E-state index is 12.1. The fraction of sp³-hybridized carbons (Fsp3) is 0.0952. The molecule has 7 heteroatoms. The van der Waals surface area contributed by atoms with Crippen LogP contribution in [0.4, 0.5) is 11.4 Å². The van der Waals surface area contributed by atoms with Crippen LogP contribution in [-0.4, -0.2) is 24.0 Å². The highest BCUT2D eigenvalue weighted by Crippen LogP contribution is 2.21. The number of esters is 1. The second-order valence-corrected chi connectivity index (χ2v) is 5.81. The average molecular weight is 378 g/mol. The van der Waals surface area contributed by atoms with Gasteiger partial charge >= 0.3 is 5.97 Å². The number of nitro groups is 1. The molecule has 0 spiro atoms. The Hall–Kier alpha value is -3.87. The summed E-state index contributed by atoms with van der Waals surface area (Å²) >= 11 is 0. The molecule has 0 aromatic heterocycles. The van der Waals surface area contributed by atoms with Gasteiger partial charge in [-0.25, -0.2) is 4.79 Å². The van der Waals surface area contributed by atoms with E-state index in [1.54, 1.807) is 36.4 Å². The first-order valence-electron chi connectivity index (χ1n) is 8.60. The van der Waals surface area contributed by atoms with Gasteiger partial charge in [-0.1, -0.05) is 18.2 Å². The number of benzene rings is 3. The number of para-hydroxylation sites is 1. The molecule has 28 heavy (non-hydrogen) atoms. The molecular weight excluding hydrogens is 360 g/mol. The first kappa shape index (κ1) is 18.9. The number of ether oxygens (including phenoxy) is 2. The Morgan fingerprint density at radius 3 is 2.18 bits per heavy atom. The normalized spacial score (nSPS) is 10.1. The standard InChI is InChI=1S/C21H18N2O5/c24-21(27-15-14-22-17-8-10-18(11-9-17)23(25)26)16-6-12-20(13-7-16)28-19-4-2-1-3-5-19/h1-13,22H,14-15H2. The SMILES string of the molecule is O=C(OCCNc1ccc([N+](=O)[O-])cc1)c1ccc(Oc2ccccc2)cc1. The van der Waals surface area contributed by atoms with Crippen molar-refractivity contribution in [3.8, 4) is 11.5 Å². The van der Waals surface area contributed by atoms with Gasteiger partial charge in [-0.05, 0) is 48.5 Å². The van der Waals surface area contributed by atoms with Gasteiger partial charge in [0.15, 0.2) is 0 Å². The second kappa shape index (κ2) is 9.18. The Morgan fingerprint density at radius 1 is 0.893 bits per heavy atom. The number of carbonyl (C=O) groups is 1. The first-order chi connectivity index (χ1) is 13.6. The molecule has 3 aromatic carbocycles. The summed E-state index contributed by atoms with van der Waals surface area (Å²) in [5, 5.41) is 13.6. The van der Waals surface area contributed by atoms with Crippen LogP contribution in [0.1, 0.15) is 10.4 Å². The van der Waals surface area contributed by atoms with Crippen LogP contribution in [0.5, 0.6) is 11.5 Å². The largest absolute Gasteiger partial charge is 0.460 e. The lowest BCUT2D eigenvalue weighted by molar-refractivity contribution is -0.384. The number of nitrogens with one attached hydrogen (secondary N) is 1. The maximum absolute atomic E-state index is 12.1. The Balaban J connectivity index is 1.43. The van der Waals surface area contributed by atoms with E-state index in [0.717, 1.165) is 5.75 Å². The van der Waals surface area contributed by atoms with E-state index in [4.69, 9.17) is 9.47 Å². The average Bonchev–Trinajstić information content (AvgIpc) is 2.72. The summed E-state index contributed by atoms with van der Waals surface area (Å²) < 4.78 is 10.9. The van der Waals surface area contributed by atoms with Crippen molar-refractivity contribution in [3.63, 3.8) is 0 Å². The van der Waals surface area contributed by atoms with E-state index in [9.17, 15) is 14.9 Å². The zero-order valence-corrected chi connectivity index (χ0v) is 14.9. The highest BCUT2D eigenvalue weighted by atomic mass is 16.6. The van der Waals surface area contributed by atoms with Crippen molar-refractivity contribution < 1.29 is 19.2 Å². The molecule has 142 valence electrons. The number of hydrogen-bond acceptors (Lipinski definition) is 6. The lowest BCUT2D eigenvalue weighted by Gasteiger charge is -2.09. The molecule has 0 unspecified atom stereocenters. The Bertz CT molecular complexity index is 925. The molecule has 0 aliphatic rings. The first-order valence-corrected chi connectivity index (χ1v) is 8.60. The van der Waals surface area contributed by atoms with Crippen LogP contribution in [0.15, 0.2) is 78.9 Å². The monoisotopic (exact) mass is 378 g/mol. The van der Waals surface area contributed by atoms with Gasteiger partial charge in [0.05, 0.1) is 10.5 Å². The third-order valence-corrected chi connectivity index (χ3v) is 3.81. The van der Waals surface area contributed by atoms with Crippen LogP contribution < -0.4 is 10.1 Å². The van der Waals surface area contributed by atoms with Crippen molar-refractivity contribution in [1.29, 1.82) is 0 Å². The zero-order valence-electron chi connectivity index (χ0n) is 14.9. The minimum atomic E-state index is -0.457. The van der Waals surface area contributed by atoms with E-state index in [2.05, 4.69) is 5.32 Å². The summed E-state index contributed by atoms with van der Waals surface area (Å²) in [6.07, 6.45) is 0. The van der Waals surface area contributed by atoms with Crippen LogP contribution in [0.25, 0.3) is 0 Å². The summed E-state index contributed by atoms with van der Waals surface area (Å²) in [5.74, 6) is 0.912. The van der Waals surface area contributed by atoms with Crippen molar-refractivity contribution >= 4 is 17.3 Å². The number of carbonyl (C=O) groups excluding carboxylic acids is 1. The summed E-state index contributed by atoms with van der Waals surface area (Å²) in [6, 6.07) is 22.1. The van der Waals surface area contributed by atoms with Crippen molar-refractivity contribution in [2.24, 2.45) is 0 Å². The fourth-order valence-electron chi connectivity index (χ4n) is 2.41. The third-order valence-electron chi connectivity index (χ3n) is 3.81. The summed E-state index contributed by atoms with van der Waals surface area (Å²) in [6.45, 7) is 0.552. The van der Waals surface area contributed by atoms with E-state index in [1.807, 2.05) is 30.3 Å². The molecule has 0 bridgehead atoms. The molecule has 0 radical (unpaired) electrons. The van der Waals surface area contributed by atoms with Gasteiger partial charge in [0.2, 0.25) is 0 Å². The molecular formula is C21H18N2O5. The minimum Gasteiger partial charge on any atom is -0.460 e. The molecule has 3 aromatic rings. The molecule has 0 atom stereocenters. The van der Waals surface area contributed by atoms with Gasteiger partial charge in [-0.15, -0.1) is 0 Å². The van der Waals surface area contributed by atoms with Crippen molar-refractivity contribution in [2.45, 2.75) is 0 Å². The lowest BCUT2D eigenvalue weighted by Crippen LogP contribution is -2.13. The number of anilines is 1. The lowest BCUT2D eigenvalue weighted by atomic mass is 10.2. The Labute approximate surface area is 161 Å². The molecule has 0 saturated carbocycles. The van der Waals surface area contributed by atoms with E-state index >= 15 is 0 Å². The van der Waals surface area contributed by atoms with Crippen LogP contribution in [-0.2, 0) is 4.74 Å². The van der Waals surface area contributed by atoms with Crippen LogP contribution in [0, 0.1) is 10.1 Å². The van der Waals surface area contributed by atoms with Crippen LogP contribution in [0.2, 0.25) is 0 Å². The van der Waals surface area contributed by atoms with Crippen LogP contribution >= 0.6 is 0 Å². The smallest absolute Gasteiger partial charge is 0.338 e. The van der Waals surface area contributed by atoms with Crippen molar-refractivity contribution in [1.82, 2.24) is 0 Å². The third kappa shape index (κ3) is 5.31. The Kier molecular flexibility index (Phi) is 6.20. The summed E-state index contributed by atoms with van der Waals surface area (Å²) in [7, 11) is 0. The van der Waals surface area contributed by atoms with E-state index in [-0.39, 0.29) is 12.3 Å². The molecule has 0 aliphatic carbocycles. The van der Waals surface area contributed by atoms with E-state index in [0.29, 0.717) is 23.5 Å². The van der Waals surface area contributed by atoms with Crippen molar-refractivity contribution in [3.05, 3.63) is 94.5 Å². The molecule has 0 heterocycles. The van der Waals surface area contributed by atoms with E-state index < -0.39 is 10.9 Å². The van der Waals surface area contributed by atoms with E-state index in [1.165, 1.54) is 12.1 Å². The predicted molar refractivity (Wildman–Crippen MR) is 105 cm³/mol. The van der Waals surface area contributed by atoms with Gasteiger partial charge in [0.25, 0.3) is 5.69 Å². The van der Waals surface area contributed by atoms with Gasteiger partial charge < -0.3 is 14.8 Å². The number of nitro benzene ring substituents is 1. The quantitative estimate of drug-likeness (QED) is 0.265. The molecule has 0 fully saturated rings. The highest BCUT2D eigenvalue weighted by molar-refractivity contribution is 5.89. The molecule has 0 amide bonds. The number of nitrogens with zero attached hydrogens (tertiary/aromatic N) is 1. The van der Waals surface area contributed by atoms with Gasteiger partial charge in [0.1, 0.15) is 18.1 Å². The number of rotatable bonds is 8. The maximum Gasteiger partial charge on any atom is 0.338 e. The molecule has 0 aliphatic heterocycles. The Morgan fingerprint density at radius 2 is 1.54 bits per heavy atom. The minimum absolute atomic E-state index is 0.0247.